The van der Waals surface area contributed by atoms with Gasteiger partial charge in [0.1, 0.15) is 11.4 Å². The van der Waals surface area contributed by atoms with Gasteiger partial charge in [-0.05, 0) is 29.8 Å². The lowest BCUT2D eigenvalue weighted by Gasteiger charge is -2.27. The van der Waals surface area contributed by atoms with Crippen LogP contribution in [-0.2, 0) is 25.5 Å². The van der Waals surface area contributed by atoms with Gasteiger partial charge >= 0.3 is 11.9 Å². The van der Waals surface area contributed by atoms with Crippen molar-refractivity contribution >= 4 is 28.7 Å². The number of rotatable bonds is 10. The van der Waals surface area contributed by atoms with Crippen LogP contribution in [0.1, 0.15) is 28.0 Å². The Morgan fingerprint density at radius 3 is 2.13 bits per heavy atom. The maximum Gasteiger partial charge on any atom is 0.333 e. The molecule has 3 N–H and O–H groups in total. The van der Waals surface area contributed by atoms with Gasteiger partial charge in [0.25, 0.3) is 5.91 Å². The van der Waals surface area contributed by atoms with Crippen LogP contribution in [0.2, 0.25) is 0 Å². The third-order valence-corrected chi connectivity index (χ3v) is 8.04. The molecule has 15 heteroatoms. The fourth-order valence-corrected chi connectivity index (χ4v) is 5.55. The molecule has 1 fully saturated rings. The minimum Gasteiger partial charge on any atom is -0.467 e. The molecule has 4 heterocycles. The summed E-state index contributed by atoms with van der Waals surface area (Å²) in [5.74, 6) is -1.32. The van der Waals surface area contributed by atoms with Crippen molar-refractivity contribution in [3.8, 4) is 22.5 Å². The maximum absolute atomic E-state index is 13.6. The second-order valence-electron chi connectivity index (χ2n) is 10.8. The molecule has 1 aliphatic heterocycles. The maximum atomic E-state index is 13.6. The number of aromatic nitrogens is 7. The molecule has 0 bridgehead atoms. The molecule has 2 atom stereocenters. The molecule has 1 aliphatic rings. The fourth-order valence-electron chi connectivity index (χ4n) is 5.55. The molecule has 0 aliphatic carbocycles. The summed E-state index contributed by atoms with van der Waals surface area (Å²) in [6.07, 6.45) is 5.32. The molecule has 1 amide bonds. The highest BCUT2D eigenvalue weighted by molar-refractivity contribution is 5.97. The number of fused-ring (bicyclic) bond motifs is 1. The van der Waals surface area contributed by atoms with Gasteiger partial charge in [-0.3, -0.25) is 4.79 Å². The Bertz CT molecular complexity index is 1870. The molecule has 0 radical (unpaired) electrons. The Morgan fingerprint density at radius 2 is 1.50 bits per heavy atom. The molecule has 238 valence electrons. The average molecular weight is 628 g/mol. The van der Waals surface area contributed by atoms with E-state index in [1.165, 1.54) is 29.8 Å². The van der Waals surface area contributed by atoms with Crippen LogP contribution < -0.4 is 5.32 Å². The van der Waals surface area contributed by atoms with E-state index in [0.717, 1.165) is 16.5 Å². The number of carbonyl (C=O) groups is 3. The number of amides is 1. The molecule has 5 aromatic rings. The average Bonchev–Trinajstić information content (AvgIpc) is 3.88. The topological polar surface area (TPSA) is 182 Å². The number of esters is 2. The molecule has 2 aromatic carbocycles. The highest BCUT2D eigenvalue weighted by atomic mass is 16.5. The predicted molar refractivity (Wildman–Crippen MR) is 164 cm³/mol. The van der Waals surface area contributed by atoms with Gasteiger partial charge < -0.3 is 29.8 Å². The number of ether oxygens (including phenoxy) is 2. The van der Waals surface area contributed by atoms with Gasteiger partial charge in [0.15, 0.2) is 12.1 Å². The van der Waals surface area contributed by atoms with E-state index in [1.54, 1.807) is 29.3 Å². The van der Waals surface area contributed by atoms with Crippen molar-refractivity contribution < 1.29 is 29.0 Å². The summed E-state index contributed by atoms with van der Waals surface area (Å²) < 4.78 is 12.6. The predicted octanol–water partition coefficient (Wildman–Crippen LogP) is 1.39. The van der Waals surface area contributed by atoms with Crippen LogP contribution in [0.25, 0.3) is 33.4 Å². The Labute approximate surface area is 263 Å². The number of nitrogens with zero attached hydrogens (tertiary/aromatic N) is 7. The van der Waals surface area contributed by atoms with Crippen LogP contribution >= 0.6 is 0 Å². The van der Waals surface area contributed by atoms with E-state index < -0.39 is 30.6 Å². The summed E-state index contributed by atoms with van der Waals surface area (Å²) in [6, 6.07) is 11.1. The largest absolute Gasteiger partial charge is 0.467 e. The van der Waals surface area contributed by atoms with Gasteiger partial charge in [0.05, 0.1) is 33.2 Å². The normalized spacial score (nSPS) is 14.6. The van der Waals surface area contributed by atoms with E-state index in [2.05, 4.69) is 30.9 Å². The first kappa shape index (κ1) is 30.6. The number of hydrogen-bond acceptors (Lipinski definition) is 11. The summed E-state index contributed by atoms with van der Waals surface area (Å²) in [6.45, 7) is 1.93. The zero-order valence-electron chi connectivity index (χ0n) is 25.3. The number of hydrogen-bond donors (Lipinski definition) is 3. The number of nitrogens with one attached hydrogen (secondary N) is 2. The van der Waals surface area contributed by atoms with Crippen molar-refractivity contribution in [1.82, 2.24) is 45.2 Å². The van der Waals surface area contributed by atoms with Gasteiger partial charge in [-0.2, -0.15) is 0 Å². The second-order valence-corrected chi connectivity index (χ2v) is 10.8. The molecule has 6 rings (SSSR count). The number of methoxy groups -OCH3 is 2. The Balaban J connectivity index is 1.37. The number of benzene rings is 2. The van der Waals surface area contributed by atoms with Crippen LogP contribution in [-0.4, -0.2) is 110 Å². The lowest BCUT2D eigenvalue weighted by Crippen LogP contribution is -2.46. The van der Waals surface area contributed by atoms with Crippen molar-refractivity contribution in [1.29, 1.82) is 0 Å². The quantitative estimate of drug-likeness (QED) is 0.190. The van der Waals surface area contributed by atoms with Gasteiger partial charge in [-0.25, -0.2) is 19.0 Å². The van der Waals surface area contributed by atoms with Crippen LogP contribution in [0, 0.1) is 0 Å². The lowest BCUT2D eigenvalue weighted by molar-refractivity contribution is -0.146. The monoisotopic (exact) mass is 627 g/mol. The Kier molecular flexibility index (Phi) is 8.85. The first-order valence-corrected chi connectivity index (χ1v) is 14.7. The Morgan fingerprint density at radius 1 is 0.891 bits per heavy atom. The number of piperazine rings is 1. The van der Waals surface area contributed by atoms with Crippen molar-refractivity contribution in [3.63, 3.8) is 0 Å². The standard InChI is InChI=1S/C31H33N9O6/c1-45-30(43)27(14-22-15-33-24-6-4-3-5-23(22)24)39-16-25(34-36-39)19-11-20(13-21(12-19)29(42)38-9-7-32-8-10-38)26-17-40(37-35-26)28(18-41)31(44)46-2/h3-6,11-13,15-17,27-28,32-33,41H,7-10,14,18H2,1-2H3/t27-,28-/m0/s1. The SMILES string of the molecule is COC(=O)[C@H](CO)n1cc(-c2cc(C(=O)N3CCNCC3)cc(-c3cn([C@@H](Cc4c[nH]c5ccccc45)C(=O)OC)nn3)c2)nn1. The van der Waals surface area contributed by atoms with Crippen LogP contribution in [0.5, 0.6) is 0 Å². The van der Waals surface area contributed by atoms with Crippen molar-refractivity contribution in [3.05, 3.63) is 72.2 Å². The number of aromatic amines is 1. The molecular weight excluding hydrogens is 594 g/mol. The molecule has 0 spiro atoms. The number of para-hydroxylation sites is 1. The zero-order valence-corrected chi connectivity index (χ0v) is 25.3. The van der Waals surface area contributed by atoms with E-state index in [-0.39, 0.29) is 5.91 Å². The fraction of sp³-hybridized carbons (Fsp3) is 0.323. The number of aliphatic hydroxyl groups is 1. The number of carbonyl (C=O) groups excluding carboxylic acids is 3. The molecule has 0 unspecified atom stereocenters. The van der Waals surface area contributed by atoms with Gasteiger partial charge in [0, 0.05) is 66.4 Å². The first-order chi connectivity index (χ1) is 22.4. The summed E-state index contributed by atoms with van der Waals surface area (Å²) in [7, 11) is 2.55. The third-order valence-electron chi connectivity index (χ3n) is 8.04. The highest BCUT2D eigenvalue weighted by Gasteiger charge is 2.27. The van der Waals surface area contributed by atoms with E-state index in [1.807, 2.05) is 30.5 Å². The molecule has 15 nitrogen and oxygen atoms in total. The molecule has 46 heavy (non-hydrogen) atoms. The molecule has 0 saturated carbocycles. The smallest absolute Gasteiger partial charge is 0.333 e. The summed E-state index contributed by atoms with van der Waals surface area (Å²) in [5, 5.41) is 30.9. The number of aliphatic hydroxyl groups excluding tert-OH is 1. The highest BCUT2D eigenvalue weighted by Crippen LogP contribution is 2.29. The van der Waals surface area contributed by atoms with Crippen LogP contribution in [0.4, 0.5) is 0 Å². The van der Waals surface area contributed by atoms with Gasteiger partial charge in [-0.1, -0.05) is 28.6 Å². The summed E-state index contributed by atoms with van der Waals surface area (Å²) in [4.78, 5) is 43.8. The minimum atomic E-state index is -1.08. The second kappa shape index (κ2) is 13.3. The lowest BCUT2D eigenvalue weighted by atomic mass is 10.0. The summed E-state index contributed by atoms with van der Waals surface area (Å²) in [5.41, 5.74) is 4.13. The van der Waals surface area contributed by atoms with Crippen molar-refractivity contribution in [2.75, 3.05) is 47.0 Å². The van der Waals surface area contributed by atoms with Gasteiger partial charge in [-0.15, -0.1) is 10.2 Å². The van der Waals surface area contributed by atoms with Gasteiger partial charge in [0.2, 0.25) is 0 Å². The molecule has 3 aromatic heterocycles. The van der Waals surface area contributed by atoms with E-state index in [9.17, 15) is 19.5 Å². The number of H-pyrrole nitrogens is 1. The van der Waals surface area contributed by atoms with Crippen LogP contribution in [0.15, 0.2) is 61.1 Å². The first-order valence-electron chi connectivity index (χ1n) is 14.7. The van der Waals surface area contributed by atoms with E-state index in [0.29, 0.717) is 60.7 Å². The zero-order chi connectivity index (χ0) is 32.2. The van der Waals surface area contributed by atoms with Crippen molar-refractivity contribution in [2.24, 2.45) is 0 Å². The minimum absolute atomic E-state index is 0.168. The third kappa shape index (κ3) is 6.09. The van der Waals surface area contributed by atoms with E-state index >= 15 is 0 Å². The van der Waals surface area contributed by atoms with Crippen LogP contribution in [0.3, 0.4) is 0 Å². The van der Waals surface area contributed by atoms with Crippen molar-refractivity contribution in [2.45, 2.75) is 18.5 Å². The molecule has 1 saturated heterocycles. The molecular formula is C31H33N9O6. The Hall–Kier alpha value is -5.41. The van der Waals surface area contributed by atoms with E-state index in [4.69, 9.17) is 9.47 Å². The summed E-state index contributed by atoms with van der Waals surface area (Å²) >= 11 is 0.